The first-order valence-electron chi connectivity index (χ1n) is 11.3. The number of anilines is 1. The lowest BCUT2D eigenvalue weighted by Gasteiger charge is -2.32. The predicted molar refractivity (Wildman–Crippen MR) is 137 cm³/mol. The van der Waals surface area contributed by atoms with Crippen molar-refractivity contribution in [2.45, 2.75) is 32.4 Å². The fourth-order valence-corrected chi connectivity index (χ4v) is 6.06. The number of fused-ring (bicyclic) bond motifs is 1. The third-order valence-electron chi connectivity index (χ3n) is 6.24. The van der Waals surface area contributed by atoms with E-state index in [1.165, 1.54) is 11.5 Å². The van der Waals surface area contributed by atoms with Crippen LogP contribution < -0.4 is 19.8 Å². The predicted octanol–water partition coefficient (Wildman–Crippen LogP) is 3.75. The second kappa shape index (κ2) is 10.4. The van der Waals surface area contributed by atoms with Crippen molar-refractivity contribution in [1.82, 2.24) is 8.86 Å². The van der Waals surface area contributed by atoms with Gasteiger partial charge in [-0.05, 0) is 62.0 Å². The Bertz CT molecular complexity index is 1310. The van der Waals surface area contributed by atoms with E-state index in [9.17, 15) is 13.2 Å². The molecule has 0 radical (unpaired) electrons. The first-order chi connectivity index (χ1) is 16.3. The van der Waals surface area contributed by atoms with Gasteiger partial charge in [0.15, 0.2) is 11.5 Å². The van der Waals surface area contributed by atoms with Crippen LogP contribution in [0.5, 0.6) is 11.5 Å². The molecule has 1 aliphatic heterocycles. The third kappa shape index (κ3) is 5.92. The van der Waals surface area contributed by atoms with Crippen LogP contribution in [0.15, 0.2) is 41.2 Å². The molecule has 3 aromatic rings. The van der Waals surface area contributed by atoms with Gasteiger partial charge in [0.1, 0.15) is 0 Å². The molecular formula is C24H31N3O5S2. The van der Waals surface area contributed by atoms with E-state index in [1.54, 1.807) is 26.4 Å². The number of hydrogen-bond donors (Lipinski definition) is 1. The smallest absolute Gasteiger partial charge is 0.268 e. The largest absolute Gasteiger partial charge is 0.493 e. The standard InChI is InChI=1S/C24H31N3O5S2/c1-31-21-14-20-23(15-22(21)32-2)33-27(24(20)28)12-9-17-7-10-26(11-8-17)16-18-5-4-6-19(13-18)25-34(3,29)30/h4-6,13-15,17,25H,7-12,16H2,1-3H3. The second-order valence-corrected chi connectivity index (χ2v) is 11.6. The molecule has 1 N–H and O–H groups in total. The van der Waals surface area contributed by atoms with E-state index in [4.69, 9.17) is 9.47 Å². The van der Waals surface area contributed by atoms with Gasteiger partial charge in [-0.2, -0.15) is 0 Å². The second-order valence-electron chi connectivity index (χ2n) is 8.78. The summed E-state index contributed by atoms with van der Waals surface area (Å²) in [6.45, 7) is 3.49. The monoisotopic (exact) mass is 505 g/mol. The number of likely N-dealkylation sites (tertiary alicyclic amines) is 1. The van der Waals surface area contributed by atoms with E-state index in [1.807, 2.05) is 28.2 Å². The number of nitrogens with one attached hydrogen (secondary N) is 1. The fraction of sp³-hybridized carbons (Fsp3) is 0.458. The van der Waals surface area contributed by atoms with Crippen molar-refractivity contribution in [2.75, 3.05) is 38.3 Å². The molecule has 0 unspecified atom stereocenters. The summed E-state index contributed by atoms with van der Waals surface area (Å²) in [5.74, 6) is 1.78. The zero-order valence-electron chi connectivity index (χ0n) is 19.7. The van der Waals surface area contributed by atoms with Crippen molar-refractivity contribution in [3.8, 4) is 11.5 Å². The van der Waals surface area contributed by atoms with Crippen LogP contribution in [0, 0.1) is 5.92 Å². The van der Waals surface area contributed by atoms with Gasteiger partial charge in [-0.25, -0.2) is 8.42 Å². The summed E-state index contributed by atoms with van der Waals surface area (Å²) in [5, 5.41) is 0.671. The van der Waals surface area contributed by atoms with Crippen LogP contribution in [-0.4, -0.2) is 50.8 Å². The first-order valence-corrected chi connectivity index (χ1v) is 14.0. The number of aryl methyl sites for hydroxylation is 1. The Morgan fingerprint density at radius 2 is 1.79 bits per heavy atom. The van der Waals surface area contributed by atoms with Crippen LogP contribution in [-0.2, 0) is 23.1 Å². The summed E-state index contributed by atoms with van der Waals surface area (Å²) in [4.78, 5) is 15.3. The Hall–Kier alpha value is -2.56. The minimum atomic E-state index is -3.28. The molecule has 0 spiro atoms. The molecule has 1 aliphatic rings. The van der Waals surface area contributed by atoms with Crippen molar-refractivity contribution in [3.63, 3.8) is 0 Å². The Labute approximate surface area is 204 Å². The van der Waals surface area contributed by atoms with E-state index >= 15 is 0 Å². The number of sulfonamides is 1. The highest BCUT2D eigenvalue weighted by Gasteiger charge is 2.20. The maximum Gasteiger partial charge on any atom is 0.268 e. The molecule has 1 fully saturated rings. The van der Waals surface area contributed by atoms with Gasteiger partial charge in [-0.15, -0.1) is 0 Å². The van der Waals surface area contributed by atoms with Gasteiger partial charge in [-0.3, -0.25) is 18.4 Å². The van der Waals surface area contributed by atoms with Gasteiger partial charge in [0.2, 0.25) is 10.0 Å². The Balaban J connectivity index is 1.32. The molecule has 0 bridgehead atoms. The average Bonchev–Trinajstić information content (AvgIpc) is 3.11. The van der Waals surface area contributed by atoms with Crippen LogP contribution in [0.3, 0.4) is 0 Å². The van der Waals surface area contributed by atoms with Crippen molar-refractivity contribution < 1.29 is 17.9 Å². The highest BCUT2D eigenvalue weighted by atomic mass is 32.2. The summed E-state index contributed by atoms with van der Waals surface area (Å²) < 4.78 is 39.0. The molecule has 2 aromatic carbocycles. The summed E-state index contributed by atoms with van der Waals surface area (Å²) in [6.07, 6.45) is 4.30. The molecule has 10 heteroatoms. The summed E-state index contributed by atoms with van der Waals surface area (Å²) in [5.41, 5.74) is 1.72. The lowest BCUT2D eigenvalue weighted by Crippen LogP contribution is -2.33. The molecular weight excluding hydrogens is 474 g/mol. The van der Waals surface area contributed by atoms with Crippen LogP contribution >= 0.6 is 11.5 Å². The lowest BCUT2D eigenvalue weighted by atomic mass is 9.93. The molecule has 0 aliphatic carbocycles. The van der Waals surface area contributed by atoms with E-state index in [-0.39, 0.29) is 5.56 Å². The lowest BCUT2D eigenvalue weighted by molar-refractivity contribution is 0.170. The fourth-order valence-electron chi connectivity index (χ4n) is 4.48. The SMILES string of the molecule is COc1cc2sn(CCC3CCN(Cc4cccc(NS(C)(=O)=O)c4)CC3)c(=O)c2cc1OC. The number of benzene rings is 2. The number of rotatable bonds is 9. The molecule has 4 rings (SSSR count). The van der Waals surface area contributed by atoms with Crippen LogP contribution in [0.1, 0.15) is 24.8 Å². The zero-order chi connectivity index (χ0) is 24.3. The number of piperidine rings is 1. The Morgan fingerprint density at radius 1 is 1.09 bits per heavy atom. The molecule has 1 saturated heterocycles. The van der Waals surface area contributed by atoms with Gasteiger partial charge < -0.3 is 9.47 Å². The van der Waals surface area contributed by atoms with Gasteiger partial charge in [0, 0.05) is 24.8 Å². The zero-order valence-corrected chi connectivity index (χ0v) is 21.4. The van der Waals surface area contributed by atoms with E-state index in [2.05, 4.69) is 9.62 Å². The number of ether oxygens (including phenoxy) is 2. The summed E-state index contributed by atoms with van der Waals surface area (Å²) in [7, 11) is -0.112. The molecule has 0 amide bonds. The van der Waals surface area contributed by atoms with E-state index in [0.29, 0.717) is 35.0 Å². The first kappa shape index (κ1) is 24.6. The average molecular weight is 506 g/mol. The molecule has 184 valence electrons. The molecule has 0 atom stereocenters. The van der Waals surface area contributed by atoms with Gasteiger partial charge in [0.25, 0.3) is 5.56 Å². The normalized spacial score (nSPS) is 15.5. The summed E-state index contributed by atoms with van der Waals surface area (Å²) >= 11 is 1.48. The van der Waals surface area contributed by atoms with Crippen molar-refractivity contribution in [1.29, 1.82) is 0 Å². The Kier molecular flexibility index (Phi) is 7.49. The molecule has 0 saturated carbocycles. The molecule has 2 heterocycles. The van der Waals surface area contributed by atoms with E-state index in [0.717, 1.165) is 55.4 Å². The number of aromatic nitrogens is 1. The van der Waals surface area contributed by atoms with Crippen molar-refractivity contribution >= 4 is 37.3 Å². The minimum Gasteiger partial charge on any atom is -0.493 e. The molecule has 8 nitrogen and oxygen atoms in total. The van der Waals surface area contributed by atoms with Gasteiger partial charge >= 0.3 is 0 Å². The minimum absolute atomic E-state index is 0.0287. The Morgan fingerprint density at radius 3 is 2.47 bits per heavy atom. The van der Waals surface area contributed by atoms with Crippen molar-refractivity contribution in [2.24, 2.45) is 5.92 Å². The maximum atomic E-state index is 12.9. The number of hydrogen-bond acceptors (Lipinski definition) is 7. The summed E-state index contributed by atoms with van der Waals surface area (Å²) in [6, 6.07) is 11.2. The third-order valence-corrected chi connectivity index (χ3v) is 7.94. The highest BCUT2D eigenvalue weighted by molar-refractivity contribution is 7.92. The van der Waals surface area contributed by atoms with Crippen LogP contribution in [0.4, 0.5) is 5.69 Å². The highest BCUT2D eigenvalue weighted by Crippen LogP contribution is 2.33. The number of nitrogens with zero attached hydrogens (tertiary/aromatic N) is 2. The quantitative estimate of drug-likeness (QED) is 0.476. The van der Waals surface area contributed by atoms with Gasteiger partial charge in [0.05, 0.1) is 30.6 Å². The van der Waals surface area contributed by atoms with Crippen molar-refractivity contribution in [3.05, 3.63) is 52.3 Å². The van der Waals surface area contributed by atoms with E-state index < -0.39 is 10.0 Å². The number of methoxy groups -OCH3 is 2. The van der Waals surface area contributed by atoms with Gasteiger partial charge in [-0.1, -0.05) is 23.7 Å². The topological polar surface area (TPSA) is 89.9 Å². The maximum absolute atomic E-state index is 12.9. The van der Waals surface area contributed by atoms with Crippen LogP contribution in [0.2, 0.25) is 0 Å². The molecule has 34 heavy (non-hydrogen) atoms. The molecule has 1 aromatic heterocycles. The van der Waals surface area contributed by atoms with Crippen LogP contribution in [0.25, 0.3) is 10.1 Å².